The number of hydrogen-bond acceptors (Lipinski definition) is 5. The van der Waals surface area contributed by atoms with E-state index >= 15 is 0 Å². The van der Waals surface area contributed by atoms with Crippen molar-refractivity contribution in [2.45, 2.75) is 39.7 Å². The number of aryl methyl sites for hydroxylation is 1. The van der Waals surface area contributed by atoms with Crippen molar-refractivity contribution >= 4 is 23.0 Å². The van der Waals surface area contributed by atoms with Crippen LogP contribution in [0.5, 0.6) is 0 Å². The molecule has 0 spiro atoms. The van der Waals surface area contributed by atoms with Crippen LogP contribution < -0.4 is 10.2 Å². The first-order valence-corrected chi connectivity index (χ1v) is 8.60. The first-order valence-electron chi connectivity index (χ1n) is 7.72. The molecule has 2 aromatic rings. The number of fused-ring (bicyclic) bond motifs is 1. The molecule has 21 heavy (non-hydrogen) atoms. The normalized spacial score (nSPS) is 14.1. The monoisotopic (exact) mass is 302 g/mol. The summed E-state index contributed by atoms with van der Waals surface area (Å²) in [6.45, 7) is 7.16. The standard InChI is InChI=1S/C16H22N4S/c1-3-5-14-18-15(17-4-2)10-16(19-14)20-8-6-13-12(11-20)7-9-21-13/h7,9-10H,3-6,8,11H2,1-2H3,(H,17,18,19). The second-order valence-corrected chi connectivity index (χ2v) is 6.35. The van der Waals surface area contributed by atoms with Gasteiger partial charge in [0.2, 0.25) is 0 Å². The quantitative estimate of drug-likeness (QED) is 0.918. The van der Waals surface area contributed by atoms with E-state index in [9.17, 15) is 0 Å². The van der Waals surface area contributed by atoms with Gasteiger partial charge in [0.25, 0.3) is 0 Å². The summed E-state index contributed by atoms with van der Waals surface area (Å²) in [5, 5.41) is 5.52. The van der Waals surface area contributed by atoms with E-state index in [4.69, 9.17) is 4.98 Å². The number of rotatable bonds is 5. The zero-order valence-electron chi connectivity index (χ0n) is 12.7. The van der Waals surface area contributed by atoms with Crippen molar-refractivity contribution < 1.29 is 0 Å². The number of anilines is 2. The molecule has 5 heteroatoms. The smallest absolute Gasteiger partial charge is 0.134 e. The SMILES string of the molecule is CCCc1nc(NCC)cc(N2CCc3sccc3C2)n1. The summed E-state index contributed by atoms with van der Waals surface area (Å²) < 4.78 is 0. The van der Waals surface area contributed by atoms with Crippen molar-refractivity contribution in [3.63, 3.8) is 0 Å². The first kappa shape index (κ1) is 14.3. The Balaban J connectivity index is 1.87. The second-order valence-electron chi connectivity index (χ2n) is 5.35. The van der Waals surface area contributed by atoms with E-state index < -0.39 is 0 Å². The predicted molar refractivity (Wildman–Crippen MR) is 89.3 cm³/mol. The van der Waals surface area contributed by atoms with E-state index in [0.717, 1.165) is 56.4 Å². The summed E-state index contributed by atoms with van der Waals surface area (Å²) in [4.78, 5) is 13.3. The Morgan fingerprint density at radius 3 is 3.05 bits per heavy atom. The van der Waals surface area contributed by atoms with E-state index in [0.29, 0.717) is 0 Å². The molecule has 1 N–H and O–H groups in total. The molecule has 0 saturated carbocycles. The highest BCUT2D eigenvalue weighted by Crippen LogP contribution is 2.27. The van der Waals surface area contributed by atoms with Gasteiger partial charge in [-0.05, 0) is 36.8 Å². The second kappa shape index (κ2) is 6.43. The van der Waals surface area contributed by atoms with Crippen LogP contribution in [0.3, 0.4) is 0 Å². The third-order valence-electron chi connectivity index (χ3n) is 3.72. The van der Waals surface area contributed by atoms with Crippen LogP contribution in [-0.4, -0.2) is 23.1 Å². The summed E-state index contributed by atoms with van der Waals surface area (Å²) in [6.07, 6.45) is 3.13. The minimum Gasteiger partial charge on any atom is -0.370 e. The van der Waals surface area contributed by atoms with Crippen molar-refractivity contribution in [3.8, 4) is 0 Å². The maximum Gasteiger partial charge on any atom is 0.134 e. The van der Waals surface area contributed by atoms with Gasteiger partial charge in [0, 0.05) is 37.0 Å². The van der Waals surface area contributed by atoms with Crippen LogP contribution >= 0.6 is 11.3 Å². The molecule has 2 aromatic heterocycles. The molecule has 0 bridgehead atoms. The Bertz CT molecular complexity index is 584. The van der Waals surface area contributed by atoms with Crippen LogP contribution in [0.4, 0.5) is 11.6 Å². The molecule has 0 radical (unpaired) electrons. The third kappa shape index (κ3) is 3.18. The number of nitrogens with zero attached hydrogens (tertiary/aromatic N) is 3. The highest BCUT2D eigenvalue weighted by Gasteiger charge is 2.19. The Morgan fingerprint density at radius 2 is 2.24 bits per heavy atom. The minimum atomic E-state index is 0.886. The van der Waals surface area contributed by atoms with Crippen molar-refractivity contribution in [1.82, 2.24) is 9.97 Å². The van der Waals surface area contributed by atoms with E-state index in [1.54, 1.807) is 0 Å². The van der Waals surface area contributed by atoms with Crippen LogP contribution in [0.2, 0.25) is 0 Å². The lowest BCUT2D eigenvalue weighted by Gasteiger charge is -2.28. The molecular weight excluding hydrogens is 280 g/mol. The third-order valence-corrected chi connectivity index (χ3v) is 4.75. The summed E-state index contributed by atoms with van der Waals surface area (Å²) >= 11 is 1.87. The van der Waals surface area contributed by atoms with Gasteiger partial charge in [0.15, 0.2) is 0 Å². The molecule has 0 aliphatic carbocycles. The molecule has 0 amide bonds. The van der Waals surface area contributed by atoms with Crippen molar-refractivity contribution in [1.29, 1.82) is 0 Å². The lowest BCUT2D eigenvalue weighted by molar-refractivity contribution is 0.721. The fraction of sp³-hybridized carbons (Fsp3) is 0.500. The van der Waals surface area contributed by atoms with Gasteiger partial charge >= 0.3 is 0 Å². The highest BCUT2D eigenvalue weighted by molar-refractivity contribution is 7.10. The Labute approximate surface area is 130 Å². The maximum atomic E-state index is 4.76. The topological polar surface area (TPSA) is 41.1 Å². The largest absolute Gasteiger partial charge is 0.370 e. The van der Waals surface area contributed by atoms with Gasteiger partial charge in [0.1, 0.15) is 17.5 Å². The predicted octanol–water partition coefficient (Wildman–Crippen LogP) is 3.49. The molecule has 3 heterocycles. The molecule has 0 aromatic carbocycles. The molecule has 0 saturated heterocycles. The maximum absolute atomic E-state index is 4.76. The Hall–Kier alpha value is -1.62. The van der Waals surface area contributed by atoms with Crippen LogP contribution in [0.1, 0.15) is 36.5 Å². The Kier molecular flexibility index (Phi) is 4.39. The number of nitrogens with one attached hydrogen (secondary N) is 1. The van der Waals surface area contributed by atoms with Gasteiger partial charge in [-0.3, -0.25) is 0 Å². The van der Waals surface area contributed by atoms with Gasteiger partial charge in [-0.2, -0.15) is 0 Å². The molecule has 1 aliphatic rings. The highest BCUT2D eigenvalue weighted by atomic mass is 32.1. The van der Waals surface area contributed by atoms with E-state index in [1.165, 1.54) is 10.4 Å². The average Bonchev–Trinajstić information content (AvgIpc) is 2.95. The van der Waals surface area contributed by atoms with Gasteiger partial charge in [-0.25, -0.2) is 9.97 Å². The van der Waals surface area contributed by atoms with E-state index in [1.807, 2.05) is 11.3 Å². The van der Waals surface area contributed by atoms with Crippen LogP contribution in [0.25, 0.3) is 0 Å². The molecule has 0 unspecified atom stereocenters. The lowest BCUT2D eigenvalue weighted by atomic mass is 10.1. The number of aromatic nitrogens is 2. The van der Waals surface area contributed by atoms with Crippen LogP contribution in [0, 0.1) is 0 Å². The first-order chi connectivity index (χ1) is 10.3. The van der Waals surface area contributed by atoms with Crippen LogP contribution in [-0.2, 0) is 19.4 Å². The van der Waals surface area contributed by atoms with Gasteiger partial charge in [-0.15, -0.1) is 11.3 Å². The van der Waals surface area contributed by atoms with Crippen LogP contribution in [0.15, 0.2) is 17.5 Å². The molecule has 0 atom stereocenters. The lowest BCUT2D eigenvalue weighted by Crippen LogP contribution is -2.30. The van der Waals surface area contributed by atoms with Crippen molar-refractivity contribution in [2.24, 2.45) is 0 Å². The zero-order chi connectivity index (χ0) is 14.7. The Morgan fingerprint density at radius 1 is 1.33 bits per heavy atom. The van der Waals surface area contributed by atoms with Gasteiger partial charge in [-0.1, -0.05) is 6.92 Å². The van der Waals surface area contributed by atoms with Gasteiger partial charge in [0.05, 0.1) is 0 Å². The summed E-state index contributed by atoms with van der Waals surface area (Å²) in [5.74, 6) is 2.95. The molecular formula is C16H22N4S. The summed E-state index contributed by atoms with van der Waals surface area (Å²) in [5.41, 5.74) is 1.45. The molecule has 0 fully saturated rings. The molecule has 4 nitrogen and oxygen atoms in total. The number of thiophene rings is 1. The van der Waals surface area contributed by atoms with Crippen molar-refractivity contribution in [3.05, 3.63) is 33.8 Å². The fourth-order valence-corrected chi connectivity index (χ4v) is 3.59. The average molecular weight is 302 g/mol. The minimum absolute atomic E-state index is 0.886. The number of hydrogen-bond donors (Lipinski definition) is 1. The molecule has 112 valence electrons. The van der Waals surface area contributed by atoms with Gasteiger partial charge < -0.3 is 10.2 Å². The summed E-state index contributed by atoms with van der Waals surface area (Å²) in [7, 11) is 0. The molecule has 1 aliphatic heterocycles. The summed E-state index contributed by atoms with van der Waals surface area (Å²) in [6, 6.07) is 4.32. The zero-order valence-corrected chi connectivity index (χ0v) is 13.5. The van der Waals surface area contributed by atoms with E-state index in [-0.39, 0.29) is 0 Å². The van der Waals surface area contributed by atoms with Crippen molar-refractivity contribution in [2.75, 3.05) is 23.3 Å². The fourth-order valence-electron chi connectivity index (χ4n) is 2.70. The molecule has 3 rings (SSSR count). The van der Waals surface area contributed by atoms with E-state index in [2.05, 4.69) is 46.6 Å².